The Hall–Kier alpha value is -1.46. The molecule has 0 amide bonds. The molecule has 0 spiro atoms. The zero-order chi connectivity index (χ0) is 29.9. The second-order valence-corrected chi connectivity index (χ2v) is 8.44. The summed E-state index contributed by atoms with van der Waals surface area (Å²) in [6.45, 7) is 9.88. The van der Waals surface area contributed by atoms with Crippen LogP contribution in [-0.4, -0.2) is 156 Å². The normalized spacial score (nSPS) is 11.2. The fraction of sp³-hybridized carbons (Fsp3) is 0.926. The van der Waals surface area contributed by atoms with Gasteiger partial charge in [0.2, 0.25) is 0 Å². The number of nitrogens with one attached hydrogen (secondary N) is 1. The molecule has 0 unspecified atom stereocenters. The lowest BCUT2D eigenvalue weighted by molar-refractivity contribution is -0.146. The molecule has 14 heteroatoms. The number of carbonyl (C=O) groups is 2. The van der Waals surface area contributed by atoms with E-state index in [1.807, 2.05) is 7.05 Å². The molecule has 0 radical (unpaired) electrons. The first-order valence-corrected chi connectivity index (χ1v) is 14.4. The van der Waals surface area contributed by atoms with Crippen LogP contribution >= 0.6 is 0 Å². The Bertz CT molecular complexity index is 557. The number of aliphatic carboxylic acids is 1. The number of hydrogen-bond acceptors (Lipinski definition) is 13. The Labute approximate surface area is 244 Å². The van der Waals surface area contributed by atoms with Crippen molar-refractivity contribution in [3.63, 3.8) is 0 Å². The van der Waals surface area contributed by atoms with Crippen LogP contribution in [-0.2, 0) is 57.0 Å². The van der Waals surface area contributed by atoms with Crippen molar-refractivity contribution in [2.75, 3.05) is 139 Å². The first kappa shape index (κ1) is 39.5. The summed E-state index contributed by atoms with van der Waals surface area (Å²) in [5.74, 6) is -1.21. The van der Waals surface area contributed by atoms with Gasteiger partial charge in [0.25, 0.3) is 0 Å². The fourth-order valence-electron chi connectivity index (χ4n) is 2.87. The molecule has 0 bridgehead atoms. The van der Waals surface area contributed by atoms with Gasteiger partial charge in [-0.3, -0.25) is 9.59 Å². The molecule has 0 aromatic rings. The minimum atomic E-state index is -0.861. The number of esters is 1. The molecule has 0 aromatic heterocycles. The maximum atomic E-state index is 11.5. The molecule has 0 heterocycles. The highest BCUT2D eigenvalue weighted by atomic mass is 16.6. The molecule has 41 heavy (non-hydrogen) atoms. The number of likely N-dealkylation sites (N-methyl/N-ethyl adjacent to an activating group) is 1. The molecule has 0 aliphatic carbocycles. The molecule has 14 nitrogen and oxygen atoms in total. The van der Waals surface area contributed by atoms with E-state index in [2.05, 4.69) is 5.32 Å². The van der Waals surface area contributed by atoms with Crippen LogP contribution < -0.4 is 5.32 Å². The molecule has 0 saturated carbocycles. The quantitative estimate of drug-likeness (QED) is 0.0768. The number of carbonyl (C=O) groups excluding carboxylic acids is 1. The standard InChI is InChI=1S/C27H53NO13/c1-28-6-7-32-8-9-33-10-11-34-12-13-35-14-15-36-16-17-37-18-19-38-20-21-39-22-23-40-24-25-41-27(31)5-3-2-4-26(29)30/h28H,2-25H2,1H3,(H,29,30). The van der Waals surface area contributed by atoms with E-state index >= 15 is 0 Å². The largest absolute Gasteiger partial charge is 0.481 e. The number of carboxylic acids is 1. The predicted molar refractivity (Wildman–Crippen MR) is 148 cm³/mol. The summed E-state index contributed by atoms with van der Waals surface area (Å²) < 4.78 is 53.6. The van der Waals surface area contributed by atoms with Crippen LogP contribution in [0, 0.1) is 0 Å². The van der Waals surface area contributed by atoms with Crippen molar-refractivity contribution < 1.29 is 62.1 Å². The van der Waals surface area contributed by atoms with Gasteiger partial charge in [-0.25, -0.2) is 0 Å². The zero-order valence-corrected chi connectivity index (χ0v) is 24.8. The molecule has 0 aliphatic rings. The molecule has 0 aliphatic heterocycles. The smallest absolute Gasteiger partial charge is 0.305 e. The molecular weight excluding hydrogens is 546 g/mol. The molecular formula is C27H53NO13. The lowest BCUT2D eigenvalue weighted by Crippen LogP contribution is -2.17. The minimum Gasteiger partial charge on any atom is -0.481 e. The summed E-state index contributed by atoms with van der Waals surface area (Å²) in [6.07, 6.45) is 1.25. The Kier molecular flexibility index (Phi) is 33.5. The molecule has 0 aromatic carbocycles. The number of hydrogen-bond donors (Lipinski definition) is 2. The van der Waals surface area contributed by atoms with Crippen LogP contribution in [0.2, 0.25) is 0 Å². The van der Waals surface area contributed by atoms with Crippen molar-refractivity contribution in [1.29, 1.82) is 0 Å². The number of carboxylic acid groups (broad SMARTS) is 1. The van der Waals surface area contributed by atoms with Gasteiger partial charge in [0, 0.05) is 19.4 Å². The van der Waals surface area contributed by atoms with Gasteiger partial charge in [-0.05, 0) is 19.9 Å². The minimum absolute atomic E-state index is 0.0626. The van der Waals surface area contributed by atoms with E-state index in [4.69, 9.17) is 52.5 Å². The highest BCUT2D eigenvalue weighted by molar-refractivity contribution is 5.69. The molecule has 244 valence electrons. The molecule has 2 N–H and O–H groups in total. The highest BCUT2D eigenvalue weighted by Gasteiger charge is 2.04. The fourth-order valence-corrected chi connectivity index (χ4v) is 2.87. The maximum Gasteiger partial charge on any atom is 0.305 e. The third-order valence-electron chi connectivity index (χ3n) is 4.98. The third kappa shape index (κ3) is 36.5. The van der Waals surface area contributed by atoms with Gasteiger partial charge in [0.05, 0.1) is 119 Å². The van der Waals surface area contributed by atoms with Gasteiger partial charge in [-0.15, -0.1) is 0 Å². The zero-order valence-electron chi connectivity index (χ0n) is 24.8. The van der Waals surface area contributed by atoms with E-state index in [9.17, 15) is 9.59 Å². The van der Waals surface area contributed by atoms with Gasteiger partial charge in [0.1, 0.15) is 6.61 Å². The van der Waals surface area contributed by atoms with Gasteiger partial charge >= 0.3 is 11.9 Å². The van der Waals surface area contributed by atoms with Crippen LogP contribution in [0.5, 0.6) is 0 Å². The van der Waals surface area contributed by atoms with E-state index in [1.165, 1.54) is 0 Å². The van der Waals surface area contributed by atoms with Crippen LogP contribution in [0.4, 0.5) is 0 Å². The van der Waals surface area contributed by atoms with Crippen LogP contribution in [0.15, 0.2) is 0 Å². The number of rotatable bonds is 35. The van der Waals surface area contributed by atoms with Crippen molar-refractivity contribution in [3.8, 4) is 0 Å². The van der Waals surface area contributed by atoms with E-state index in [1.54, 1.807) is 0 Å². The molecule has 0 fully saturated rings. The van der Waals surface area contributed by atoms with Gasteiger partial charge in [-0.2, -0.15) is 0 Å². The van der Waals surface area contributed by atoms with Crippen molar-refractivity contribution in [3.05, 3.63) is 0 Å². The second kappa shape index (κ2) is 34.7. The van der Waals surface area contributed by atoms with Crippen molar-refractivity contribution in [1.82, 2.24) is 5.32 Å². The third-order valence-corrected chi connectivity index (χ3v) is 4.98. The van der Waals surface area contributed by atoms with Crippen molar-refractivity contribution in [2.24, 2.45) is 0 Å². The first-order chi connectivity index (χ1) is 20.2. The SMILES string of the molecule is CNCCOCCOCCOCCOCCOCCOCCOCCOCCOCCOC(=O)CCCCC(=O)O. The van der Waals surface area contributed by atoms with Gasteiger partial charge in [0.15, 0.2) is 0 Å². The Morgan fingerprint density at radius 3 is 1.07 bits per heavy atom. The van der Waals surface area contributed by atoms with Crippen LogP contribution in [0.1, 0.15) is 25.7 Å². The highest BCUT2D eigenvalue weighted by Crippen LogP contribution is 2.01. The molecule has 0 saturated heterocycles. The maximum absolute atomic E-state index is 11.5. The second-order valence-electron chi connectivity index (χ2n) is 8.44. The van der Waals surface area contributed by atoms with Gasteiger partial charge in [-0.1, -0.05) is 0 Å². The monoisotopic (exact) mass is 599 g/mol. The molecule has 0 atom stereocenters. The van der Waals surface area contributed by atoms with E-state index in [0.717, 1.165) is 6.54 Å². The van der Waals surface area contributed by atoms with Crippen molar-refractivity contribution in [2.45, 2.75) is 25.7 Å². The first-order valence-electron chi connectivity index (χ1n) is 14.4. The average molecular weight is 600 g/mol. The Morgan fingerprint density at radius 2 is 0.756 bits per heavy atom. The number of ether oxygens (including phenoxy) is 10. The molecule has 0 rings (SSSR count). The Balaban J connectivity index is 3.09. The average Bonchev–Trinajstić information content (AvgIpc) is 2.96. The van der Waals surface area contributed by atoms with Crippen molar-refractivity contribution >= 4 is 11.9 Å². The number of unbranched alkanes of at least 4 members (excludes halogenated alkanes) is 1. The van der Waals surface area contributed by atoms with Crippen LogP contribution in [0.3, 0.4) is 0 Å². The van der Waals surface area contributed by atoms with E-state index < -0.39 is 5.97 Å². The lowest BCUT2D eigenvalue weighted by Gasteiger charge is -2.09. The van der Waals surface area contributed by atoms with E-state index in [0.29, 0.717) is 125 Å². The topological polar surface area (TPSA) is 159 Å². The van der Waals surface area contributed by atoms with Gasteiger partial charge < -0.3 is 57.8 Å². The summed E-state index contributed by atoms with van der Waals surface area (Å²) in [5.41, 5.74) is 0. The summed E-state index contributed by atoms with van der Waals surface area (Å²) >= 11 is 0. The van der Waals surface area contributed by atoms with Crippen LogP contribution in [0.25, 0.3) is 0 Å². The lowest BCUT2D eigenvalue weighted by atomic mass is 10.2. The Morgan fingerprint density at radius 1 is 0.463 bits per heavy atom. The summed E-state index contributed by atoms with van der Waals surface area (Å²) in [4.78, 5) is 21.8. The summed E-state index contributed by atoms with van der Waals surface area (Å²) in [7, 11) is 1.89. The summed E-state index contributed by atoms with van der Waals surface area (Å²) in [5, 5.41) is 11.5. The predicted octanol–water partition coefficient (Wildman–Crippen LogP) is 0.543. The summed E-state index contributed by atoms with van der Waals surface area (Å²) in [6, 6.07) is 0. The van der Waals surface area contributed by atoms with E-state index in [-0.39, 0.29) is 32.0 Å².